The Bertz CT molecular complexity index is 517. The molecule has 0 aromatic carbocycles. The lowest BCUT2D eigenvalue weighted by molar-refractivity contribution is 0.507. The Morgan fingerprint density at radius 2 is 2.32 bits per heavy atom. The summed E-state index contributed by atoms with van der Waals surface area (Å²) < 4.78 is 1.71. The van der Waals surface area contributed by atoms with Gasteiger partial charge in [0.2, 0.25) is 0 Å². The number of hydrogen-bond acceptors (Lipinski definition) is 3. The molecule has 0 bridgehead atoms. The molecule has 0 spiro atoms. The first-order valence-corrected chi connectivity index (χ1v) is 6.92. The number of aromatic amines is 1. The minimum atomic E-state index is 0.135. The van der Waals surface area contributed by atoms with Crippen LogP contribution in [0.15, 0.2) is 12.4 Å². The summed E-state index contributed by atoms with van der Waals surface area (Å²) in [5, 5.41) is 8.55. The average Bonchev–Trinajstić information content (AvgIpc) is 2.98. The Morgan fingerprint density at radius 3 is 2.84 bits per heavy atom. The van der Waals surface area contributed by atoms with Crippen LogP contribution in [-0.2, 0) is 13.5 Å². The van der Waals surface area contributed by atoms with Gasteiger partial charge in [0.25, 0.3) is 0 Å². The molecule has 0 amide bonds. The number of rotatable bonds is 6. The highest BCUT2D eigenvalue weighted by atomic mass is 35.5. The van der Waals surface area contributed by atoms with Crippen molar-refractivity contribution < 1.29 is 0 Å². The minimum absolute atomic E-state index is 0.135. The number of aromatic nitrogens is 4. The standard InChI is InChI=1S/C13H20ClN5/c1-4-5-15-11(13-16-6-7-17-13)8-10-9(2)18-19(3)12(10)14/h6-7,11,15H,4-5,8H2,1-3H3,(H,16,17). The normalized spacial score (nSPS) is 12.8. The number of nitrogens with zero attached hydrogens (tertiary/aromatic N) is 3. The fraction of sp³-hybridized carbons (Fsp3) is 0.538. The van der Waals surface area contributed by atoms with Crippen LogP contribution in [0.2, 0.25) is 5.15 Å². The molecule has 2 heterocycles. The summed E-state index contributed by atoms with van der Waals surface area (Å²) in [7, 11) is 1.86. The summed E-state index contributed by atoms with van der Waals surface area (Å²) in [5.41, 5.74) is 2.05. The van der Waals surface area contributed by atoms with E-state index in [2.05, 4.69) is 27.3 Å². The Morgan fingerprint density at radius 1 is 1.53 bits per heavy atom. The topological polar surface area (TPSA) is 58.5 Å². The van der Waals surface area contributed by atoms with Crippen LogP contribution < -0.4 is 5.32 Å². The van der Waals surface area contributed by atoms with Gasteiger partial charge in [-0.2, -0.15) is 5.10 Å². The molecule has 0 aliphatic heterocycles. The maximum atomic E-state index is 6.30. The zero-order chi connectivity index (χ0) is 13.8. The monoisotopic (exact) mass is 281 g/mol. The van der Waals surface area contributed by atoms with Gasteiger partial charge in [0, 0.05) is 25.0 Å². The Labute approximate surface area is 118 Å². The van der Waals surface area contributed by atoms with Crippen molar-refractivity contribution in [1.29, 1.82) is 0 Å². The Kier molecular flexibility index (Phi) is 4.61. The molecule has 6 heteroatoms. The van der Waals surface area contributed by atoms with Gasteiger partial charge in [-0.25, -0.2) is 4.98 Å². The molecule has 5 nitrogen and oxygen atoms in total. The predicted molar refractivity (Wildman–Crippen MR) is 76.3 cm³/mol. The van der Waals surface area contributed by atoms with E-state index in [1.807, 2.05) is 20.2 Å². The largest absolute Gasteiger partial charge is 0.347 e. The predicted octanol–water partition coefficient (Wildman–Crippen LogP) is 2.39. The van der Waals surface area contributed by atoms with Crippen molar-refractivity contribution in [3.63, 3.8) is 0 Å². The van der Waals surface area contributed by atoms with E-state index in [0.717, 1.165) is 36.5 Å². The lowest BCUT2D eigenvalue weighted by atomic mass is 10.1. The van der Waals surface area contributed by atoms with E-state index in [4.69, 9.17) is 11.6 Å². The van der Waals surface area contributed by atoms with Gasteiger partial charge in [-0.3, -0.25) is 4.68 Å². The maximum absolute atomic E-state index is 6.30. The fourth-order valence-corrected chi connectivity index (χ4v) is 2.41. The van der Waals surface area contributed by atoms with Gasteiger partial charge < -0.3 is 10.3 Å². The molecule has 1 unspecified atom stereocenters. The number of halogens is 1. The molecule has 1 atom stereocenters. The van der Waals surface area contributed by atoms with E-state index in [9.17, 15) is 0 Å². The molecule has 2 N–H and O–H groups in total. The van der Waals surface area contributed by atoms with Crippen molar-refractivity contribution in [3.8, 4) is 0 Å². The summed E-state index contributed by atoms with van der Waals surface area (Å²) in [6.45, 7) is 5.08. The van der Waals surface area contributed by atoms with E-state index in [1.54, 1.807) is 10.9 Å². The van der Waals surface area contributed by atoms with Gasteiger partial charge in [-0.05, 0) is 26.3 Å². The summed E-state index contributed by atoms with van der Waals surface area (Å²) in [6, 6.07) is 0.135. The number of imidazole rings is 1. The second kappa shape index (κ2) is 6.21. The number of aryl methyl sites for hydroxylation is 2. The van der Waals surface area contributed by atoms with Crippen molar-refractivity contribution in [2.45, 2.75) is 32.7 Å². The fourth-order valence-electron chi connectivity index (χ4n) is 2.16. The van der Waals surface area contributed by atoms with E-state index >= 15 is 0 Å². The SMILES string of the molecule is CCCNC(Cc1c(C)nn(C)c1Cl)c1ncc[nH]1. The Balaban J connectivity index is 2.20. The van der Waals surface area contributed by atoms with E-state index in [1.165, 1.54) is 0 Å². The van der Waals surface area contributed by atoms with Gasteiger partial charge in [0.15, 0.2) is 0 Å². The second-order valence-corrected chi connectivity index (χ2v) is 5.02. The molecule has 0 saturated heterocycles. The average molecular weight is 282 g/mol. The molecular formula is C13H20ClN5. The van der Waals surface area contributed by atoms with Gasteiger partial charge in [-0.15, -0.1) is 0 Å². The van der Waals surface area contributed by atoms with E-state index in [0.29, 0.717) is 5.15 Å². The van der Waals surface area contributed by atoms with Crippen molar-refractivity contribution in [2.24, 2.45) is 7.05 Å². The second-order valence-electron chi connectivity index (χ2n) is 4.66. The molecule has 0 saturated carbocycles. The molecule has 2 rings (SSSR count). The first-order valence-electron chi connectivity index (χ1n) is 6.54. The first kappa shape index (κ1) is 14.1. The van der Waals surface area contributed by atoms with Crippen LogP contribution in [-0.4, -0.2) is 26.3 Å². The van der Waals surface area contributed by atoms with Gasteiger partial charge in [0.1, 0.15) is 11.0 Å². The lowest BCUT2D eigenvalue weighted by Gasteiger charge is -2.16. The summed E-state index contributed by atoms with van der Waals surface area (Å²) in [5.74, 6) is 0.938. The zero-order valence-corrected chi connectivity index (χ0v) is 12.3. The highest BCUT2D eigenvalue weighted by Crippen LogP contribution is 2.24. The van der Waals surface area contributed by atoms with Crippen LogP contribution in [0.4, 0.5) is 0 Å². The summed E-state index contributed by atoms with van der Waals surface area (Å²) in [6.07, 6.45) is 5.48. The quantitative estimate of drug-likeness (QED) is 0.855. The van der Waals surface area contributed by atoms with E-state index < -0.39 is 0 Å². The van der Waals surface area contributed by atoms with Crippen molar-refractivity contribution in [2.75, 3.05) is 6.54 Å². The van der Waals surface area contributed by atoms with Crippen molar-refractivity contribution in [3.05, 3.63) is 34.6 Å². The van der Waals surface area contributed by atoms with Gasteiger partial charge in [-0.1, -0.05) is 18.5 Å². The maximum Gasteiger partial charge on any atom is 0.130 e. The highest BCUT2D eigenvalue weighted by Gasteiger charge is 2.19. The zero-order valence-electron chi connectivity index (χ0n) is 11.6. The number of hydrogen-bond donors (Lipinski definition) is 2. The van der Waals surface area contributed by atoms with Crippen LogP contribution in [0, 0.1) is 6.92 Å². The molecule has 104 valence electrons. The molecule has 2 aromatic rings. The molecular weight excluding hydrogens is 262 g/mol. The van der Waals surface area contributed by atoms with Gasteiger partial charge in [0.05, 0.1) is 11.7 Å². The molecule has 0 fully saturated rings. The molecule has 0 aliphatic carbocycles. The van der Waals surface area contributed by atoms with Crippen LogP contribution in [0.3, 0.4) is 0 Å². The summed E-state index contributed by atoms with van der Waals surface area (Å²) in [4.78, 5) is 7.51. The van der Waals surface area contributed by atoms with Crippen LogP contribution in [0.5, 0.6) is 0 Å². The number of H-pyrrole nitrogens is 1. The summed E-state index contributed by atoms with van der Waals surface area (Å²) >= 11 is 6.30. The highest BCUT2D eigenvalue weighted by molar-refractivity contribution is 6.30. The first-order chi connectivity index (χ1) is 9.13. The third-order valence-electron chi connectivity index (χ3n) is 3.17. The number of nitrogens with one attached hydrogen (secondary N) is 2. The van der Waals surface area contributed by atoms with Gasteiger partial charge >= 0.3 is 0 Å². The van der Waals surface area contributed by atoms with Crippen molar-refractivity contribution >= 4 is 11.6 Å². The Hall–Kier alpha value is -1.33. The lowest BCUT2D eigenvalue weighted by Crippen LogP contribution is -2.25. The molecule has 0 radical (unpaired) electrons. The van der Waals surface area contributed by atoms with E-state index in [-0.39, 0.29) is 6.04 Å². The van der Waals surface area contributed by atoms with Crippen molar-refractivity contribution in [1.82, 2.24) is 25.1 Å². The molecule has 19 heavy (non-hydrogen) atoms. The molecule has 0 aliphatic rings. The van der Waals surface area contributed by atoms with Crippen LogP contribution >= 0.6 is 11.6 Å². The van der Waals surface area contributed by atoms with Crippen LogP contribution in [0.1, 0.15) is 36.5 Å². The smallest absolute Gasteiger partial charge is 0.130 e. The minimum Gasteiger partial charge on any atom is -0.347 e. The third-order valence-corrected chi connectivity index (χ3v) is 3.64. The third kappa shape index (κ3) is 3.16. The van der Waals surface area contributed by atoms with Crippen LogP contribution in [0.25, 0.3) is 0 Å². The molecule has 2 aromatic heterocycles.